The van der Waals surface area contributed by atoms with Crippen LogP contribution in [0.25, 0.3) is 0 Å². The van der Waals surface area contributed by atoms with Crippen molar-refractivity contribution in [1.29, 1.82) is 0 Å². The molecule has 0 unspecified atom stereocenters. The highest BCUT2D eigenvalue weighted by atomic mass is 32.2. The van der Waals surface area contributed by atoms with E-state index in [9.17, 15) is 4.79 Å². The summed E-state index contributed by atoms with van der Waals surface area (Å²) in [4.78, 5) is 14.1. The third-order valence-corrected chi connectivity index (χ3v) is 8.38. The lowest BCUT2D eigenvalue weighted by Crippen LogP contribution is -2.30. The zero-order chi connectivity index (χ0) is 21.4. The van der Waals surface area contributed by atoms with Crippen LogP contribution in [0, 0.1) is 0 Å². The number of thioether (sulfide) groups is 2. The number of carbonyl (C=O) groups excluding carboxylic acids is 1. The second-order valence-corrected chi connectivity index (χ2v) is 9.86. The van der Waals surface area contributed by atoms with Gasteiger partial charge in [0.25, 0.3) is 0 Å². The number of hydrogen-bond donors (Lipinski definition) is 0. The molecule has 0 N–H and O–H groups in total. The second-order valence-electron chi connectivity index (χ2n) is 7.23. The van der Waals surface area contributed by atoms with Crippen LogP contribution in [0.4, 0.5) is 0 Å². The Morgan fingerprint density at radius 1 is 0.548 bits per heavy atom. The maximum atomic E-state index is 14.1. The quantitative estimate of drug-likeness (QED) is 0.197. The monoisotopic (exact) mass is 440 g/mol. The molecule has 0 heterocycles. The second kappa shape index (κ2) is 10.5. The van der Waals surface area contributed by atoms with Gasteiger partial charge in [-0.25, -0.2) is 0 Å². The normalized spacial score (nSPS) is 11.2. The van der Waals surface area contributed by atoms with Crippen molar-refractivity contribution in [2.75, 3.05) is 0 Å². The zero-order valence-electron chi connectivity index (χ0n) is 17.2. The van der Waals surface area contributed by atoms with Gasteiger partial charge in [-0.15, -0.1) is 23.5 Å². The lowest BCUT2D eigenvalue weighted by Gasteiger charge is -2.32. The van der Waals surface area contributed by atoms with Crippen LogP contribution in [-0.2, 0) is 15.6 Å². The molecule has 0 spiro atoms. The van der Waals surface area contributed by atoms with Gasteiger partial charge in [0.1, 0.15) is 0 Å². The average Bonchev–Trinajstić information content (AvgIpc) is 2.86. The molecule has 4 rings (SSSR count). The summed E-state index contributed by atoms with van der Waals surface area (Å²) in [6.45, 7) is 0. The molecule has 0 saturated carbocycles. The minimum atomic E-state index is -0.742. The molecule has 1 nitrogen and oxygen atoms in total. The predicted molar refractivity (Wildman–Crippen MR) is 134 cm³/mol. The third kappa shape index (κ3) is 5.30. The van der Waals surface area contributed by atoms with Gasteiger partial charge >= 0.3 is 0 Å². The molecular weight excluding hydrogens is 416 g/mol. The van der Waals surface area contributed by atoms with Crippen molar-refractivity contribution in [3.63, 3.8) is 0 Å². The highest BCUT2D eigenvalue weighted by Gasteiger charge is 2.41. The lowest BCUT2D eigenvalue weighted by molar-refractivity contribution is 0.0978. The molecule has 0 bridgehead atoms. The minimum absolute atomic E-state index is 0.140. The number of Topliss-reactive ketones (excluding diaryl/α,β-unsaturated/α-hetero) is 1. The third-order valence-electron chi connectivity index (χ3n) is 5.06. The SMILES string of the molecule is O=C(c1ccccc1)C(SCc1ccccc1)(SCc1ccccc1)c1ccccc1. The van der Waals surface area contributed by atoms with E-state index in [1.807, 2.05) is 60.7 Å². The number of benzene rings is 4. The van der Waals surface area contributed by atoms with Gasteiger partial charge in [-0.3, -0.25) is 4.79 Å². The van der Waals surface area contributed by atoms with Crippen LogP contribution in [0.1, 0.15) is 27.0 Å². The summed E-state index contributed by atoms with van der Waals surface area (Å²) in [5.41, 5.74) is 4.21. The van der Waals surface area contributed by atoms with Crippen LogP contribution in [0.15, 0.2) is 121 Å². The van der Waals surface area contributed by atoms with Crippen LogP contribution in [0.5, 0.6) is 0 Å². The first-order chi connectivity index (χ1) is 15.3. The molecule has 0 aliphatic heterocycles. The Morgan fingerprint density at radius 2 is 0.935 bits per heavy atom. The number of rotatable bonds is 9. The van der Waals surface area contributed by atoms with Crippen LogP contribution in [-0.4, -0.2) is 5.78 Å². The van der Waals surface area contributed by atoms with Crippen LogP contribution < -0.4 is 0 Å². The first kappa shape index (κ1) is 21.5. The Hall–Kier alpha value is -2.75. The fraction of sp³-hybridized carbons (Fsp3) is 0.107. The van der Waals surface area contributed by atoms with E-state index >= 15 is 0 Å². The molecule has 0 aliphatic carbocycles. The summed E-state index contributed by atoms with van der Waals surface area (Å²) in [5, 5.41) is 0. The molecule has 0 aromatic heterocycles. The molecule has 154 valence electrons. The van der Waals surface area contributed by atoms with Crippen molar-refractivity contribution in [3.05, 3.63) is 144 Å². The van der Waals surface area contributed by atoms with Crippen molar-refractivity contribution in [2.24, 2.45) is 0 Å². The first-order valence-electron chi connectivity index (χ1n) is 10.3. The molecule has 0 saturated heterocycles. The van der Waals surface area contributed by atoms with Crippen molar-refractivity contribution < 1.29 is 4.79 Å². The van der Waals surface area contributed by atoms with E-state index in [-0.39, 0.29) is 5.78 Å². The molecule has 4 aromatic rings. The molecular formula is C28H24OS2. The van der Waals surface area contributed by atoms with Crippen LogP contribution >= 0.6 is 23.5 Å². The summed E-state index contributed by atoms with van der Waals surface area (Å²) in [5.74, 6) is 1.66. The van der Waals surface area contributed by atoms with Crippen molar-refractivity contribution in [2.45, 2.75) is 15.6 Å². The summed E-state index contributed by atoms with van der Waals surface area (Å²) in [7, 11) is 0. The maximum Gasteiger partial charge on any atom is 0.193 e. The van der Waals surface area contributed by atoms with E-state index in [0.29, 0.717) is 0 Å². The Kier molecular flexibility index (Phi) is 7.29. The van der Waals surface area contributed by atoms with Gasteiger partial charge in [0.15, 0.2) is 9.86 Å². The van der Waals surface area contributed by atoms with Gasteiger partial charge < -0.3 is 0 Å². The predicted octanol–water partition coefficient (Wildman–Crippen LogP) is 7.59. The Labute approximate surface area is 192 Å². The largest absolute Gasteiger partial charge is 0.291 e. The van der Waals surface area contributed by atoms with E-state index < -0.39 is 4.08 Å². The Morgan fingerprint density at radius 3 is 1.39 bits per heavy atom. The van der Waals surface area contributed by atoms with Gasteiger partial charge in [0, 0.05) is 17.1 Å². The fourth-order valence-corrected chi connectivity index (χ4v) is 6.34. The standard InChI is InChI=1S/C28H24OS2/c29-27(25-17-9-3-10-18-25)28(26-19-11-4-12-20-26,30-21-23-13-5-1-6-14-23)31-22-24-15-7-2-8-16-24/h1-20H,21-22H2. The van der Waals surface area contributed by atoms with E-state index in [1.165, 1.54) is 11.1 Å². The van der Waals surface area contributed by atoms with Crippen molar-refractivity contribution in [3.8, 4) is 0 Å². The highest BCUT2D eigenvalue weighted by Crippen LogP contribution is 2.51. The van der Waals surface area contributed by atoms with Crippen LogP contribution in [0.3, 0.4) is 0 Å². The van der Waals surface area contributed by atoms with Gasteiger partial charge in [-0.05, 0) is 16.7 Å². The summed E-state index contributed by atoms with van der Waals surface area (Å²) >= 11 is 3.42. The van der Waals surface area contributed by atoms with Gasteiger partial charge in [-0.2, -0.15) is 0 Å². The summed E-state index contributed by atoms with van der Waals surface area (Å²) in [6, 6.07) is 40.6. The van der Waals surface area contributed by atoms with E-state index in [2.05, 4.69) is 60.7 Å². The van der Waals surface area contributed by atoms with E-state index in [4.69, 9.17) is 0 Å². The van der Waals surface area contributed by atoms with Crippen LogP contribution in [0.2, 0.25) is 0 Å². The lowest BCUT2D eigenvalue weighted by atomic mass is 10.0. The van der Waals surface area contributed by atoms with Gasteiger partial charge in [0.2, 0.25) is 0 Å². The summed E-state index contributed by atoms with van der Waals surface area (Å²) < 4.78 is -0.742. The molecule has 0 atom stereocenters. The smallest absolute Gasteiger partial charge is 0.193 e. The maximum absolute atomic E-state index is 14.1. The Balaban J connectivity index is 1.75. The number of hydrogen-bond acceptors (Lipinski definition) is 3. The number of ketones is 1. The minimum Gasteiger partial charge on any atom is -0.291 e. The molecule has 4 aromatic carbocycles. The van der Waals surface area contributed by atoms with Crippen molar-refractivity contribution in [1.82, 2.24) is 0 Å². The fourth-order valence-electron chi connectivity index (χ4n) is 3.43. The molecule has 3 heteroatoms. The molecule has 0 fully saturated rings. The van der Waals surface area contributed by atoms with Gasteiger partial charge in [0.05, 0.1) is 0 Å². The summed E-state index contributed by atoms with van der Waals surface area (Å²) in [6.07, 6.45) is 0. The Bertz CT molecular complexity index is 1040. The molecule has 0 amide bonds. The average molecular weight is 441 g/mol. The highest BCUT2D eigenvalue weighted by molar-refractivity contribution is 8.18. The number of carbonyl (C=O) groups is 1. The first-order valence-corrected chi connectivity index (χ1v) is 12.3. The van der Waals surface area contributed by atoms with E-state index in [0.717, 1.165) is 22.6 Å². The topological polar surface area (TPSA) is 17.1 Å². The zero-order valence-corrected chi connectivity index (χ0v) is 18.8. The van der Waals surface area contributed by atoms with E-state index in [1.54, 1.807) is 23.5 Å². The molecule has 0 aliphatic rings. The molecule has 31 heavy (non-hydrogen) atoms. The molecule has 0 radical (unpaired) electrons. The van der Waals surface area contributed by atoms with Crippen molar-refractivity contribution >= 4 is 29.3 Å². The van der Waals surface area contributed by atoms with Gasteiger partial charge in [-0.1, -0.05) is 121 Å².